The smallest absolute Gasteiger partial charge is 0.251 e. The summed E-state index contributed by atoms with van der Waals surface area (Å²) in [7, 11) is 1.78. The summed E-state index contributed by atoms with van der Waals surface area (Å²) in [5.41, 5.74) is 1.71. The molecule has 1 aliphatic rings. The second kappa shape index (κ2) is 14.0. The lowest BCUT2D eigenvalue weighted by Crippen LogP contribution is -2.42. The van der Waals surface area contributed by atoms with Crippen molar-refractivity contribution in [1.82, 2.24) is 20.9 Å². The molecule has 0 saturated carbocycles. The second-order valence-corrected chi connectivity index (χ2v) is 8.19. The molecule has 1 aromatic carbocycles. The maximum Gasteiger partial charge on any atom is 0.251 e. The van der Waals surface area contributed by atoms with E-state index in [1.54, 1.807) is 7.05 Å². The van der Waals surface area contributed by atoms with Gasteiger partial charge in [0.05, 0.1) is 6.10 Å². The molecule has 1 saturated heterocycles. The van der Waals surface area contributed by atoms with Gasteiger partial charge in [-0.15, -0.1) is 0 Å². The fourth-order valence-electron chi connectivity index (χ4n) is 3.78. The van der Waals surface area contributed by atoms with Crippen molar-refractivity contribution in [2.75, 3.05) is 39.8 Å². The SMILES string of the molecule is CCN(CC)CCCC(C)NC(=NC)NCc1cccc(C(=O)NCC2CCCO2)c1. The Morgan fingerprint density at radius 1 is 1.29 bits per heavy atom. The van der Waals surface area contributed by atoms with Crippen molar-refractivity contribution in [3.8, 4) is 0 Å². The molecular weight excluding hydrogens is 390 g/mol. The summed E-state index contributed by atoms with van der Waals surface area (Å²) in [5, 5.41) is 9.80. The van der Waals surface area contributed by atoms with Crippen LogP contribution in [0.25, 0.3) is 0 Å². The Balaban J connectivity index is 1.75. The molecular formula is C24H41N5O2. The average molecular weight is 432 g/mol. The molecule has 31 heavy (non-hydrogen) atoms. The number of nitrogens with one attached hydrogen (secondary N) is 3. The van der Waals surface area contributed by atoms with Crippen LogP contribution in [0.15, 0.2) is 29.3 Å². The van der Waals surface area contributed by atoms with Gasteiger partial charge < -0.3 is 25.6 Å². The highest BCUT2D eigenvalue weighted by molar-refractivity contribution is 5.94. The second-order valence-electron chi connectivity index (χ2n) is 8.19. The number of aliphatic imine (C=N–C) groups is 1. The molecule has 2 rings (SSSR count). The van der Waals surface area contributed by atoms with E-state index in [0.717, 1.165) is 63.4 Å². The Hall–Kier alpha value is -2.12. The molecule has 1 fully saturated rings. The zero-order chi connectivity index (χ0) is 22.5. The van der Waals surface area contributed by atoms with Crippen molar-refractivity contribution in [2.45, 2.75) is 65.1 Å². The van der Waals surface area contributed by atoms with Crippen LogP contribution < -0.4 is 16.0 Å². The summed E-state index contributed by atoms with van der Waals surface area (Å²) >= 11 is 0. The minimum Gasteiger partial charge on any atom is -0.376 e. The van der Waals surface area contributed by atoms with Crippen molar-refractivity contribution < 1.29 is 9.53 Å². The number of benzene rings is 1. The maximum atomic E-state index is 12.5. The first kappa shape index (κ1) is 25.1. The molecule has 2 unspecified atom stereocenters. The number of hydrogen-bond donors (Lipinski definition) is 3. The Bertz CT molecular complexity index is 684. The predicted molar refractivity (Wildman–Crippen MR) is 128 cm³/mol. The van der Waals surface area contributed by atoms with Gasteiger partial charge in [0.15, 0.2) is 5.96 Å². The molecule has 7 nitrogen and oxygen atoms in total. The lowest BCUT2D eigenvalue weighted by Gasteiger charge is -2.21. The van der Waals surface area contributed by atoms with Crippen LogP contribution in [0.4, 0.5) is 0 Å². The number of rotatable bonds is 12. The fraction of sp³-hybridized carbons (Fsp3) is 0.667. The number of nitrogens with zero attached hydrogens (tertiary/aromatic N) is 2. The number of guanidine groups is 1. The first-order valence-electron chi connectivity index (χ1n) is 11.7. The Labute approximate surface area is 188 Å². The number of carbonyl (C=O) groups excluding carboxylic acids is 1. The number of hydrogen-bond acceptors (Lipinski definition) is 4. The van der Waals surface area contributed by atoms with E-state index in [2.05, 4.69) is 46.6 Å². The zero-order valence-electron chi connectivity index (χ0n) is 19.7. The molecule has 174 valence electrons. The summed E-state index contributed by atoms with van der Waals surface area (Å²) in [6, 6.07) is 8.06. The number of carbonyl (C=O) groups is 1. The lowest BCUT2D eigenvalue weighted by atomic mass is 10.1. The highest BCUT2D eigenvalue weighted by Crippen LogP contribution is 2.11. The van der Waals surface area contributed by atoms with Gasteiger partial charge in [0.25, 0.3) is 5.91 Å². The zero-order valence-corrected chi connectivity index (χ0v) is 19.7. The van der Waals surface area contributed by atoms with Crippen molar-refractivity contribution in [3.05, 3.63) is 35.4 Å². The van der Waals surface area contributed by atoms with Gasteiger partial charge in [-0.1, -0.05) is 26.0 Å². The molecule has 2 atom stereocenters. The normalized spacial score (nSPS) is 17.6. The Morgan fingerprint density at radius 3 is 2.77 bits per heavy atom. The quantitative estimate of drug-likeness (QED) is 0.350. The van der Waals surface area contributed by atoms with Gasteiger partial charge in [0.1, 0.15) is 0 Å². The monoisotopic (exact) mass is 431 g/mol. The summed E-state index contributed by atoms with van der Waals surface area (Å²) < 4.78 is 5.57. The van der Waals surface area contributed by atoms with E-state index in [0.29, 0.717) is 24.7 Å². The minimum absolute atomic E-state index is 0.0540. The molecule has 1 aromatic rings. The van der Waals surface area contributed by atoms with Crippen LogP contribution in [-0.2, 0) is 11.3 Å². The fourth-order valence-corrected chi connectivity index (χ4v) is 3.78. The van der Waals surface area contributed by atoms with E-state index in [1.807, 2.05) is 24.3 Å². The van der Waals surface area contributed by atoms with Crippen LogP contribution in [0.3, 0.4) is 0 Å². The van der Waals surface area contributed by atoms with Gasteiger partial charge >= 0.3 is 0 Å². The highest BCUT2D eigenvalue weighted by atomic mass is 16.5. The molecule has 0 spiro atoms. The lowest BCUT2D eigenvalue weighted by molar-refractivity contribution is 0.0857. The third kappa shape index (κ3) is 9.27. The van der Waals surface area contributed by atoms with Gasteiger partial charge in [0, 0.05) is 38.3 Å². The summed E-state index contributed by atoms with van der Waals surface area (Å²) in [4.78, 5) is 19.2. The van der Waals surface area contributed by atoms with Crippen LogP contribution in [0, 0.1) is 0 Å². The van der Waals surface area contributed by atoms with Crippen molar-refractivity contribution in [3.63, 3.8) is 0 Å². The van der Waals surface area contributed by atoms with E-state index in [-0.39, 0.29) is 12.0 Å². The van der Waals surface area contributed by atoms with Crippen molar-refractivity contribution >= 4 is 11.9 Å². The largest absolute Gasteiger partial charge is 0.376 e. The minimum atomic E-state index is -0.0540. The van der Waals surface area contributed by atoms with Crippen LogP contribution in [0.2, 0.25) is 0 Å². The average Bonchev–Trinajstić information content (AvgIpc) is 3.31. The molecule has 0 bridgehead atoms. The molecule has 0 aliphatic carbocycles. The van der Waals surface area contributed by atoms with Gasteiger partial charge in [0.2, 0.25) is 0 Å². The molecule has 1 amide bonds. The van der Waals surface area contributed by atoms with Crippen molar-refractivity contribution in [1.29, 1.82) is 0 Å². The third-order valence-electron chi connectivity index (χ3n) is 5.78. The third-order valence-corrected chi connectivity index (χ3v) is 5.78. The van der Waals surface area contributed by atoms with Gasteiger partial charge in [-0.3, -0.25) is 9.79 Å². The van der Waals surface area contributed by atoms with E-state index in [4.69, 9.17) is 4.74 Å². The molecule has 1 aliphatic heterocycles. The Morgan fingerprint density at radius 2 is 2.10 bits per heavy atom. The van der Waals surface area contributed by atoms with Crippen molar-refractivity contribution in [2.24, 2.45) is 4.99 Å². The van der Waals surface area contributed by atoms with Gasteiger partial charge in [-0.25, -0.2) is 0 Å². The Kier molecular flexibility index (Phi) is 11.4. The topological polar surface area (TPSA) is 78.0 Å². The van der Waals surface area contributed by atoms with Crippen LogP contribution in [0.1, 0.15) is 62.4 Å². The first-order valence-corrected chi connectivity index (χ1v) is 11.7. The molecule has 1 heterocycles. The van der Waals surface area contributed by atoms with E-state index in [1.165, 1.54) is 0 Å². The van der Waals surface area contributed by atoms with E-state index < -0.39 is 0 Å². The molecule has 0 aromatic heterocycles. The summed E-state index contributed by atoms with van der Waals surface area (Å²) in [5.74, 6) is 0.727. The van der Waals surface area contributed by atoms with E-state index in [9.17, 15) is 4.79 Å². The predicted octanol–water partition coefficient (Wildman–Crippen LogP) is 2.77. The summed E-state index contributed by atoms with van der Waals surface area (Å²) in [6.45, 7) is 11.9. The van der Waals surface area contributed by atoms with Gasteiger partial charge in [-0.2, -0.15) is 0 Å². The van der Waals surface area contributed by atoms with E-state index >= 15 is 0 Å². The number of ether oxygens (including phenoxy) is 1. The van der Waals surface area contributed by atoms with Crippen LogP contribution in [-0.4, -0.2) is 68.7 Å². The standard InChI is InChI=1S/C24H41N5O2/c1-5-29(6-2)14-8-10-19(3)28-24(25-4)27-17-20-11-7-12-21(16-20)23(30)26-18-22-13-9-15-31-22/h7,11-12,16,19,22H,5-6,8-10,13-15,17-18H2,1-4H3,(H,26,30)(H2,25,27,28). The highest BCUT2D eigenvalue weighted by Gasteiger charge is 2.16. The molecule has 3 N–H and O–H groups in total. The molecule has 0 radical (unpaired) electrons. The summed E-state index contributed by atoms with van der Waals surface area (Å²) in [6.07, 6.45) is 4.50. The van der Waals surface area contributed by atoms with Crippen LogP contribution in [0.5, 0.6) is 0 Å². The van der Waals surface area contributed by atoms with Crippen LogP contribution >= 0.6 is 0 Å². The first-order chi connectivity index (χ1) is 15.0. The molecule has 7 heteroatoms. The number of amides is 1. The van der Waals surface area contributed by atoms with Gasteiger partial charge in [-0.05, 0) is 69.9 Å². The maximum absolute atomic E-state index is 12.5.